The van der Waals surface area contributed by atoms with Crippen LogP contribution in [0.1, 0.15) is 44.7 Å². The molecule has 1 aliphatic rings. The maximum atomic E-state index is 13.3. The van der Waals surface area contributed by atoms with E-state index in [4.69, 9.17) is 5.73 Å². The molecule has 0 spiro atoms. The van der Waals surface area contributed by atoms with Crippen LogP contribution in [0.3, 0.4) is 0 Å². The second kappa shape index (κ2) is 8.31. The summed E-state index contributed by atoms with van der Waals surface area (Å²) >= 11 is 0. The minimum absolute atomic E-state index is 0.124. The van der Waals surface area contributed by atoms with Crippen molar-refractivity contribution in [1.82, 2.24) is 25.1 Å². The van der Waals surface area contributed by atoms with Crippen LogP contribution in [0.5, 0.6) is 0 Å². The Bertz CT molecular complexity index is 1360. The predicted molar refractivity (Wildman–Crippen MR) is 124 cm³/mol. The van der Waals surface area contributed by atoms with E-state index in [0.29, 0.717) is 28.1 Å². The zero-order valence-electron chi connectivity index (χ0n) is 18.0. The van der Waals surface area contributed by atoms with E-state index in [1.807, 2.05) is 19.1 Å². The molecule has 1 saturated carbocycles. The molecule has 1 amide bonds. The van der Waals surface area contributed by atoms with E-state index in [-0.39, 0.29) is 23.6 Å². The Morgan fingerprint density at radius 3 is 2.67 bits per heavy atom. The van der Waals surface area contributed by atoms with Crippen molar-refractivity contribution in [1.29, 1.82) is 0 Å². The Hall–Kier alpha value is -4.33. The zero-order chi connectivity index (χ0) is 22.9. The van der Waals surface area contributed by atoms with Gasteiger partial charge in [-0.25, -0.2) is 4.68 Å². The van der Waals surface area contributed by atoms with Gasteiger partial charge in [0.1, 0.15) is 5.82 Å². The summed E-state index contributed by atoms with van der Waals surface area (Å²) in [5, 5.41) is 7.35. The number of anilines is 1. The molecule has 8 nitrogen and oxygen atoms in total. The fourth-order valence-corrected chi connectivity index (χ4v) is 3.62. The molecule has 1 fully saturated rings. The number of aromatic nitrogens is 4. The van der Waals surface area contributed by atoms with Gasteiger partial charge in [0.05, 0.1) is 29.3 Å². The van der Waals surface area contributed by atoms with Crippen molar-refractivity contribution in [2.45, 2.75) is 25.8 Å². The average Bonchev–Trinajstić information content (AvgIpc) is 3.58. The van der Waals surface area contributed by atoms with Gasteiger partial charge in [0.15, 0.2) is 5.78 Å². The molecule has 0 aliphatic heterocycles. The first kappa shape index (κ1) is 20.6. The minimum Gasteiger partial charge on any atom is -0.383 e. The van der Waals surface area contributed by atoms with Crippen LogP contribution in [0, 0.1) is 6.92 Å². The summed E-state index contributed by atoms with van der Waals surface area (Å²) in [6.07, 6.45) is 8.34. The molecule has 2 aromatic carbocycles. The normalized spacial score (nSPS) is 13.0. The van der Waals surface area contributed by atoms with Gasteiger partial charge in [0.2, 0.25) is 0 Å². The second-order valence-electron chi connectivity index (χ2n) is 8.10. The molecule has 0 saturated heterocycles. The number of ketones is 1. The van der Waals surface area contributed by atoms with Gasteiger partial charge in [-0.05, 0) is 43.5 Å². The van der Waals surface area contributed by atoms with Crippen LogP contribution in [0.15, 0.2) is 67.3 Å². The number of nitrogens with one attached hydrogen (secondary N) is 1. The van der Waals surface area contributed by atoms with Crippen molar-refractivity contribution in [3.63, 3.8) is 0 Å². The number of amides is 1. The van der Waals surface area contributed by atoms with Crippen LogP contribution >= 0.6 is 0 Å². The van der Waals surface area contributed by atoms with Crippen molar-refractivity contribution in [3.8, 4) is 16.9 Å². The molecule has 2 aromatic heterocycles. The Morgan fingerprint density at radius 2 is 1.91 bits per heavy atom. The number of benzene rings is 2. The van der Waals surface area contributed by atoms with Crippen molar-refractivity contribution >= 4 is 17.5 Å². The summed E-state index contributed by atoms with van der Waals surface area (Å²) in [5.41, 5.74) is 10.7. The van der Waals surface area contributed by atoms with Gasteiger partial charge in [-0.3, -0.25) is 19.6 Å². The zero-order valence-corrected chi connectivity index (χ0v) is 18.0. The molecule has 33 heavy (non-hydrogen) atoms. The molecule has 164 valence electrons. The van der Waals surface area contributed by atoms with Gasteiger partial charge in [-0.1, -0.05) is 24.3 Å². The Kier molecular flexibility index (Phi) is 5.18. The number of hydrogen-bond acceptors (Lipinski definition) is 6. The van der Waals surface area contributed by atoms with Crippen LogP contribution in [0.4, 0.5) is 5.82 Å². The fourth-order valence-electron chi connectivity index (χ4n) is 3.62. The third-order valence-electron chi connectivity index (χ3n) is 5.65. The molecule has 8 heteroatoms. The molecule has 2 heterocycles. The summed E-state index contributed by atoms with van der Waals surface area (Å²) in [4.78, 5) is 34.1. The van der Waals surface area contributed by atoms with Gasteiger partial charge in [0.25, 0.3) is 5.91 Å². The van der Waals surface area contributed by atoms with Crippen molar-refractivity contribution < 1.29 is 9.59 Å². The molecule has 0 unspecified atom stereocenters. The lowest BCUT2D eigenvalue weighted by Crippen LogP contribution is -2.25. The molecule has 1 aliphatic carbocycles. The van der Waals surface area contributed by atoms with Crippen LogP contribution in [0.2, 0.25) is 0 Å². The summed E-state index contributed by atoms with van der Waals surface area (Å²) in [6, 6.07) is 12.8. The third kappa shape index (κ3) is 4.10. The summed E-state index contributed by atoms with van der Waals surface area (Å²) in [7, 11) is 0. The monoisotopic (exact) mass is 438 g/mol. The van der Waals surface area contributed by atoms with Gasteiger partial charge >= 0.3 is 0 Å². The third-order valence-corrected chi connectivity index (χ3v) is 5.65. The summed E-state index contributed by atoms with van der Waals surface area (Å²) < 4.78 is 1.50. The van der Waals surface area contributed by atoms with Gasteiger partial charge in [-0.2, -0.15) is 5.10 Å². The molecular weight excluding hydrogens is 416 g/mol. The van der Waals surface area contributed by atoms with Gasteiger partial charge in [-0.15, -0.1) is 0 Å². The molecule has 0 bridgehead atoms. The minimum atomic E-state index is -0.246. The highest BCUT2D eigenvalue weighted by Gasteiger charge is 2.24. The topological polar surface area (TPSA) is 116 Å². The average molecular weight is 438 g/mol. The number of carbonyl (C=O) groups excluding carboxylic acids is 2. The first-order valence-corrected chi connectivity index (χ1v) is 10.7. The van der Waals surface area contributed by atoms with E-state index in [9.17, 15) is 9.59 Å². The van der Waals surface area contributed by atoms with Gasteiger partial charge < -0.3 is 11.1 Å². The van der Waals surface area contributed by atoms with Crippen LogP contribution in [0.25, 0.3) is 16.9 Å². The number of rotatable bonds is 6. The van der Waals surface area contributed by atoms with Crippen LogP contribution in [-0.4, -0.2) is 37.5 Å². The smallest absolute Gasteiger partial charge is 0.251 e. The quantitative estimate of drug-likeness (QED) is 0.446. The molecule has 5 rings (SSSR count). The second-order valence-corrected chi connectivity index (χ2v) is 8.10. The number of nitrogen functional groups attached to an aromatic ring is 1. The molecular formula is C25H22N6O2. The van der Waals surface area contributed by atoms with E-state index in [1.165, 1.54) is 10.9 Å². The maximum Gasteiger partial charge on any atom is 0.251 e. The standard InChI is InChI=1S/C25H22N6O2/c1-15-5-6-18(25(33)30-19-7-8-19)12-22(15)31-24(26)20(13-29-31)23(32)17-4-2-3-16(11-17)21-14-27-9-10-28-21/h2-6,9-14,19H,7-8,26H2,1H3,(H,30,33). The SMILES string of the molecule is Cc1ccc(C(=O)NC2CC2)cc1-n1ncc(C(=O)c2cccc(-c3cnccn3)c2)c1N. The molecule has 3 N–H and O–H groups in total. The van der Waals surface area contributed by atoms with Crippen molar-refractivity contribution in [2.24, 2.45) is 0 Å². The lowest BCUT2D eigenvalue weighted by atomic mass is 10.0. The number of nitrogens with two attached hydrogens (primary N) is 1. The van der Waals surface area contributed by atoms with Crippen LogP contribution < -0.4 is 11.1 Å². The molecule has 0 radical (unpaired) electrons. The van der Waals surface area contributed by atoms with Crippen LogP contribution in [-0.2, 0) is 0 Å². The fraction of sp³-hybridized carbons (Fsp3) is 0.160. The Balaban J connectivity index is 1.46. The highest BCUT2D eigenvalue weighted by molar-refractivity contribution is 6.12. The summed E-state index contributed by atoms with van der Waals surface area (Å²) in [6.45, 7) is 1.91. The molecule has 4 aromatic rings. The Morgan fingerprint density at radius 1 is 1.06 bits per heavy atom. The number of aryl methyl sites for hydroxylation is 1. The van der Waals surface area contributed by atoms with Gasteiger partial charge in [0, 0.05) is 35.1 Å². The van der Waals surface area contributed by atoms with E-state index >= 15 is 0 Å². The number of carbonyl (C=O) groups is 2. The Labute approximate surface area is 190 Å². The van der Waals surface area contributed by atoms with E-state index in [1.54, 1.807) is 48.9 Å². The van der Waals surface area contributed by atoms with Crippen molar-refractivity contribution in [3.05, 3.63) is 89.5 Å². The van der Waals surface area contributed by atoms with E-state index < -0.39 is 0 Å². The van der Waals surface area contributed by atoms with E-state index in [0.717, 1.165) is 24.0 Å². The number of nitrogens with zero attached hydrogens (tertiary/aromatic N) is 4. The van der Waals surface area contributed by atoms with E-state index in [2.05, 4.69) is 20.4 Å². The summed E-state index contributed by atoms with van der Waals surface area (Å²) in [5.74, 6) is -0.154. The van der Waals surface area contributed by atoms with Crippen molar-refractivity contribution in [2.75, 3.05) is 5.73 Å². The predicted octanol–water partition coefficient (Wildman–Crippen LogP) is 3.34. The maximum absolute atomic E-state index is 13.3. The lowest BCUT2D eigenvalue weighted by molar-refractivity contribution is 0.0950. The molecule has 0 atom stereocenters. The lowest BCUT2D eigenvalue weighted by Gasteiger charge is -2.11. The largest absolute Gasteiger partial charge is 0.383 e. The first-order valence-electron chi connectivity index (χ1n) is 10.7. The first-order chi connectivity index (χ1) is 16.0. The highest BCUT2D eigenvalue weighted by atomic mass is 16.1. The number of hydrogen-bond donors (Lipinski definition) is 2. The highest BCUT2D eigenvalue weighted by Crippen LogP contribution is 2.26.